The van der Waals surface area contributed by atoms with Crippen LogP contribution >= 0.6 is 11.6 Å². The van der Waals surface area contributed by atoms with E-state index in [0.29, 0.717) is 22.9 Å². The van der Waals surface area contributed by atoms with Gasteiger partial charge < -0.3 is 9.47 Å². The Balaban J connectivity index is 1.39. The summed E-state index contributed by atoms with van der Waals surface area (Å²) in [5.41, 5.74) is 1.69. The molecule has 0 aliphatic heterocycles. The van der Waals surface area contributed by atoms with Crippen LogP contribution in [0.5, 0.6) is 17.5 Å². The molecule has 0 saturated heterocycles. The van der Waals surface area contributed by atoms with Crippen molar-refractivity contribution in [1.82, 2.24) is 24.3 Å². The second-order valence-corrected chi connectivity index (χ2v) is 7.54. The van der Waals surface area contributed by atoms with Crippen LogP contribution in [0.25, 0.3) is 0 Å². The first kappa shape index (κ1) is 21.5. The topological polar surface area (TPSA) is 84.1 Å². The van der Waals surface area contributed by atoms with Gasteiger partial charge in [0.2, 0.25) is 5.88 Å². The van der Waals surface area contributed by atoms with Gasteiger partial charge in [-0.05, 0) is 36.8 Å². The van der Waals surface area contributed by atoms with Gasteiger partial charge >= 0.3 is 5.69 Å². The Morgan fingerprint density at radius 3 is 2.69 bits per heavy atom. The minimum Gasteiger partial charge on any atom is -0.473 e. The molecule has 0 radical (unpaired) electrons. The van der Waals surface area contributed by atoms with Crippen LogP contribution in [0.1, 0.15) is 16.7 Å². The SMILES string of the molecule is Cc1cc(Oc2ncc(COc3ccn(Cc4cnn(C)c4)c(=O)n3)cc2F)ccc1Cl. The first-order valence-corrected chi connectivity index (χ1v) is 10.0. The monoisotopic (exact) mass is 455 g/mol. The van der Waals surface area contributed by atoms with Crippen molar-refractivity contribution in [2.75, 3.05) is 0 Å². The highest BCUT2D eigenvalue weighted by Gasteiger charge is 2.10. The molecule has 0 atom stereocenters. The van der Waals surface area contributed by atoms with Gasteiger partial charge in [0.05, 0.1) is 12.7 Å². The van der Waals surface area contributed by atoms with Gasteiger partial charge in [-0.1, -0.05) is 11.6 Å². The van der Waals surface area contributed by atoms with E-state index < -0.39 is 11.5 Å². The third kappa shape index (κ3) is 5.12. The summed E-state index contributed by atoms with van der Waals surface area (Å²) >= 11 is 5.99. The lowest BCUT2D eigenvalue weighted by Crippen LogP contribution is -2.23. The predicted octanol–water partition coefficient (Wildman–Crippen LogP) is 3.89. The molecule has 0 bridgehead atoms. The van der Waals surface area contributed by atoms with Gasteiger partial charge in [-0.15, -0.1) is 0 Å². The van der Waals surface area contributed by atoms with Crippen molar-refractivity contribution in [3.63, 3.8) is 0 Å². The molecule has 0 fully saturated rings. The highest BCUT2D eigenvalue weighted by atomic mass is 35.5. The van der Waals surface area contributed by atoms with E-state index in [9.17, 15) is 9.18 Å². The zero-order valence-corrected chi connectivity index (χ0v) is 18.1. The molecule has 4 rings (SSSR count). The molecule has 32 heavy (non-hydrogen) atoms. The molecule has 0 aliphatic carbocycles. The summed E-state index contributed by atoms with van der Waals surface area (Å²) in [5.74, 6) is -0.238. The van der Waals surface area contributed by atoms with E-state index in [0.717, 1.165) is 11.1 Å². The molecule has 0 aliphatic rings. The summed E-state index contributed by atoms with van der Waals surface area (Å²) in [7, 11) is 1.80. The Morgan fingerprint density at radius 1 is 1.16 bits per heavy atom. The maximum absolute atomic E-state index is 14.4. The summed E-state index contributed by atoms with van der Waals surface area (Å²) in [6.07, 6.45) is 6.52. The largest absolute Gasteiger partial charge is 0.473 e. The fraction of sp³-hybridized carbons (Fsp3) is 0.182. The molecule has 10 heteroatoms. The van der Waals surface area contributed by atoms with E-state index in [1.165, 1.54) is 16.8 Å². The summed E-state index contributed by atoms with van der Waals surface area (Å²) < 4.78 is 28.5. The highest BCUT2D eigenvalue weighted by molar-refractivity contribution is 6.31. The van der Waals surface area contributed by atoms with E-state index in [4.69, 9.17) is 21.1 Å². The number of aryl methyl sites for hydroxylation is 2. The van der Waals surface area contributed by atoms with Gasteiger partial charge in [0.25, 0.3) is 5.88 Å². The molecule has 4 aromatic rings. The summed E-state index contributed by atoms with van der Waals surface area (Å²) in [4.78, 5) is 20.2. The minimum absolute atomic E-state index is 0.0106. The number of halogens is 2. The van der Waals surface area contributed by atoms with Gasteiger partial charge in [-0.25, -0.2) is 14.2 Å². The Bertz CT molecular complexity index is 1320. The van der Waals surface area contributed by atoms with Crippen molar-refractivity contribution in [2.24, 2.45) is 7.05 Å². The predicted molar refractivity (Wildman–Crippen MR) is 116 cm³/mol. The molecule has 3 aromatic heterocycles. The number of rotatable bonds is 7. The summed E-state index contributed by atoms with van der Waals surface area (Å²) in [6, 6.07) is 7.83. The van der Waals surface area contributed by atoms with Gasteiger partial charge in [0.1, 0.15) is 12.4 Å². The van der Waals surface area contributed by atoms with Gasteiger partial charge in [-0.3, -0.25) is 9.25 Å². The van der Waals surface area contributed by atoms with Crippen molar-refractivity contribution >= 4 is 11.6 Å². The first-order chi connectivity index (χ1) is 15.4. The zero-order valence-electron chi connectivity index (χ0n) is 17.3. The normalized spacial score (nSPS) is 10.9. The summed E-state index contributed by atoms with van der Waals surface area (Å²) in [5, 5.41) is 4.67. The van der Waals surface area contributed by atoms with Crippen LogP contribution in [0.3, 0.4) is 0 Å². The van der Waals surface area contributed by atoms with Crippen LogP contribution in [0.15, 0.2) is 59.9 Å². The lowest BCUT2D eigenvalue weighted by atomic mass is 10.2. The van der Waals surface area contributed by atoms with Gasteiger partial charge in [0, 0.05) is 47.9 Å². The Labute approximate surface area is 187 Å². The maximum atomic E-state index is 14.4. The zero-order chi connectivity index (χ0) is 22.7. The van der Waals surface area contributed by atoms with Crippen molar-refractivity contribution in [3.8, 4) is 17.5 Å². The Morgan fingerprint density at radius 2 is 2.00 bits per heavy atom. The van der Waals surface area contributed by atoms with Crippen LogP contribution in [0.2, 0.25) is 5.02 Å². The smallest absolute Gasteiger partial charge is 0.351 e. The highest BCUT2D eigenvalue weighted by Crippen LogP contribution is 2.26. The van der Waals surface area contributed by atoms with E-state index in [1.807, 2.05) is 13.1 Å². The Kier molecular flexibility index (Phi) is 6.18. The van der Waals surface area contributed by atoms with Gasteiger partial charge in [-0.2, -0.15) is 10.1 Å². The molecule has 0 spiro atoms. The number of ether oxygens (including phenoxy) is 2. The standard InChI is InChI=1S/C22H19ClFN5O3/c1-14-7-17(3-4-18(14)23)32-21-19(24)8-15(9-25-21)13-31-20-5-6-29(22(30)27-20)12-16-10-26-28(2)11-16/h3-11H,12-13H2,1-2H3. The molecule has 0 N–H and O–H groups in total. The third-order valence-corrected chi connectivity index (χ3v) is 4.98. The quantitative estimate of drug-likeness (QED) is 0.420. The summed E-state index contributed by atoms with van der Waals surface area (Å²) in [6.45, 7) is 2.16. The number of hydrogen-bond acceptors (Lipinski definition) is 6. The van der Waals surface area contributed by atoms with Gasteiger partial charge in [0.15, 0.2) is 5.82 Å². The minimum atomic E-state index is -0.640. The molecule has 0 saturated carbocycles. The molecule has 0 unspecified atom stereocenters. The second kappa shape index (κ2) is 9.19. The lowest BCUT2D eigenvalue weighted by molar-refractivity contribution is 0.289. The second-order valence-electron chi connectivity index (χ2n) is 7.13. The fourth-order valence-electron chi connectivity index (χ4n) is 2.93. The van der Waals surface area contributed by atoms with Crippen molar-refractivity contribution in [3.05, 3.63) is 93.1 Å². The number of nitrogens with zero attached hydrogens (tertiary/aromatic N) is 5. The van der Waals surface area contributed by atoms with Crippen molar-refractivity contribution in [1.29, 1.82) is 0 Å². The number of pyridine rings is 1. The average Bonchev–Trinajstić information content (AvgIpc) is 3.17. The van der Waals surface area contributed by atoms with Crippen LogP contribution < -0.4 is 15.2 Å². The number of hydrogen-bond donors (Lipinski definition) is 0. The molecule has 8 nitrogen and oxygen atoms in total. The van der Waals surface area contributed by atoms with E-state index in [1.54, 1.807) is 48.4 Å². The van der Waals surface area contributed by atoms with Crippen molar-refractivity contribution < 1.29 is 13.9 Å². The third-order valence-electron chi connectivity index (χ3n) is 4.55. The van der Waals surface area contributed by atoms with Crippen LogP contribution in [0, 0.1) is 12.7 Å². The number of benzene rings is 1. The lowest BCUT2D eigenvalue weighted by Gasteiger charge is -2.10. The average molecular weight is 456 g/mol. The van der Waals surface area contributed by atoms with Crippen LogP contribution in [0.4, 0.5) is 4.39 Å². The molecular weight excluding hydrogens is 437 g/mol. The van der Waals surface area contributed by atoms with Crippen LogP contribution in [-0.4, -0.2) is 24.3 Å². The maximum Gasteiger partial charge on any atom is 0.351 e. The number of aromatic nitrogens is 5. The molecule has 164 valence electrons. The first-order valence-electron chi connectivity index (χ1n) is 9.63. The fourth-order valence-corrected chi connectivity index (χ4v) is 3.05. The van der Waals surface area contributed by atoms with Crippen molar-refractivity contribution in [2.45, 2.75) is 20.1 Å². The van der Waals surface area contributed by atoms with E-state index in [2.05, 4.69) is 15.1 Å². The molecule has 3 heterocycles. The van der Waals surface area contributed by atoms with Crippen LogP contribution in [-0.2, 0) is 20.2 Å². The molecule has 1 aromatic carbocycles. The molecular formula is C22H19ClFN5O3. The van der Waals surface area contributed by atoms with E-state index in [-0.39, 0.29) is 18.4 Å². The molecule has 0 amide bonds. The Hall–Kier alpha value is -3.72. The van der Waals surface area contributed by atoms with E-state index >= 15 is 0 Å².